The molecule has 1 aliphatic rings. The third-order valence-corrected chi connectivity index (χ3v) is 3.60. The van der Waals surface area contributed by atoms with Crippen LogP contribution in [0.25, 0.3) is 0 Å². The van der Waals surface area contributed by atoms with Gasteiger partial charge in [0.1, 0.15) is 19.0 Å². The first-order valence-corrected chi connectivity index (χ1v) is 7.46. The average Bonchev–Trinajstić information content (AvgIpc) is 2.50. The van der Waals surface area contributed by atoms with E-state index in [1.54, 1.807) is 0 Å². The molecule has 0 unspecified atom stereocenters. The van der Waals surface area contributed by atoms with E-state index in [0.717, 1.165) is 22.6 Å². The first-order valence-electron chi connectivity index (χ1n) is 7.46. The molecule has 0 aliphatic carbocycles. The number of anilines is 2. The van der Waals surface area contributed by atoms with Gasteiger partial charge in [-0.2, -0.15) is 4.98 Å². The highest BCUT2D eigenvalue weighted by atomic mass is 16.6. The zero-order valence-electron chi connectivity index (χ0n) is 13.4. The lowest BCUT2D eigenvalue weighted by molar-refractivity contribution is 0.168. The summed E-state index contributed by atoms with van der Waals surface area (Å²) in [6.45, 7) is 7.16. The number of nitrogen functional groups attached to an aromatic ring is 2. The van der Waals surface area contributed by atoms with Gasteiger partial charge in [-0.05, 0) is 24.5 Å². The topological polar surface area (TPSA) is 106 Å². The lowest BCUT2D eigenvalue weighted by Crippen LogP contribution is -2.17. The third-order valence-electron chi connectivity index (χ3n) is 3.60. The molecule has 3 rings (SSSR count). The molecule has 2 aromatic rings. The van der Waals surface area contributed by atoms with E-state index >= 15 is 0 Å². The lowest BCUT2D eigenvalue weighted by Gasteiger charge is -2.26. The van der Waals surface area contributed by atoms with E-state index < -0.39 is 0 Å². The summed E-state index contributed by atoms with van der Waals surface area (Å²) in [5.41, 5.74) is 13.3. The van der Waals surface area contributed by atoms with Crippen molar-refractivity contribution in [2.24, 2.45) is 0 Å². The van der Waals surface area contributed by atoms with Crippen LogP contribution in [0.2, 0.25) is 0 Å². The van der Waals surface area contributed by atoms with Gasteiger partial charge in [-0.15, -0.1) is 0 Å². The van der Waals surface area contributed by atoms with E-state index in [0.29, 0.717) is 24.7 Å². The minimum absolute atomic E-state index is 0.109. The van der Waals surface area contributed by atoms with Crippen molar-refractivity contribution in [1.82, 2.24) is 9.97 Å². The van der Waals surface area contributed by atoms with E-state index in [-0.39, 0.29) is 17.7 Å². The van der Waals surface area contributed by atoms with E-state index in [1.807, 2.05) is 13.0 Å². The monoisotopic (exact) mass is 316 g/mol. The first kappa shape index (κ1) is 15.2. The molecule has 2 heterocycles. The van der Waals surface area contributed by atoms with E-state index in [2.05, 4.69) is 23.8 Å². The Bertz CT molecular complexity index is 747. The Balaban J connectivity index is 2.11. The average molecular weight is 316 g/mol. The fraction of sp³-hybridized carbons (Fsp3) is 0.375. The molecule has 1 aromatic carbocycles. The molecule has 7 nitrogen and oxygen atoms in total. The lowest BCUT2D eigenvalue weighted by atomic mass is 9.97. The predicted octanol–water partition coefficient (Wildman–Crippen LogP) is 2.64. The molecule has 0 atom stereocenters. The van der Waals surface area contributed by atoms with E-state index in [4.69, 9.17) is 25.7 Å². The number of ether oxygens (including phenoxy) is 3. The second kappa shape index (κ2) is 5.83. The van der Waals surface area contributed by atoms with Gasteiger partial charge in [0, 0.05) is 5.56 Å². The Morgan fingerprint density at radius 2 is 1.96 bits per heavy atom. The van der Waals surface area contributed by atoms with Crippen LogP contribution in [0.1, 0.15) is 30.9 Å². The normalized spacial score (nSPS) is 13.2. The number of fused-ring (bicyclic) bond motifs is 1. The number of hydrogen-bond donors (Lipinski definition) is 2. The van der Waals surface area contributed by atoms with E-state index in [1.165, 1.54) is 6.20 Å². The minimum atomic E-state index is 0.109. The van der Waals surface area contributed by atoms with Crippen molar-refractivity contribution in [3.63, 3.8) is 0 Å². The molecule has 7 heteroatoms. The highest BCUT2D eigenvalue weighted by molar-refractivity contribution is 5.61. The molecule has 0 radical (unpaired) electrons. The maximum absolute atomic E-state index is 6.01. The summed E-state index contributed by atoms with van der Waals surface area (Å²) in [4.78, 5) is 7.86. The van der Waals surface area contributed by atoms with Crippen molar-refractivity contribution in [2.75, 3.05) is 24.7 Å². The third kappa shape index (κ3) is 2.81. The van der Waals surface area contributed by atoms with Crippen LogP contribution in [0.15, 0.2) is 12.3 Å². The SMILES string of the molecule is Cc1cc2c(c(C(C)C)c1Oc1cnc(N)nc1N)OCCO2. The number of aryl methyl sites for hydroxylation is 1. The molecule has 0 amide bonds. The van der Waals surface area contributed by atoms with Gasteiger partial charge in [0.2, 0.25) is 5.95 Å². The zero-order chi connectivity index (χ0) is 16.6. The minimum Gasteiger partial charge on any atom is -0.486 e. The number of aromatic nitrogens is 2. The summed E-state index contributed by atoms with van der Waals surface area (Å²) >= 11 is 0. The molecule has 0 fully saturated rings. The van der Waals surface area contributed by atoms with Crippen LogP contribution in [-0.4, -0.2) is 23.2 Å². The molecule has 1 aliphatic heterocycles. The quantitative estimate of drug-likeness (QED) is 0.896. The van der Waals surface area contributed by atoms with Crippen LogP contribution in [0.3, 0.4) is 0 Å². The molecule has 4 N–H and O–H groups in total. The van der Waals surface area contributed by atoms with Gasteiger partial charge in [0.05, 0.1) is 6.20 Å². The van der Waals surface area contributed by atoms with Crippen molar-refractivity contribution in [2.45, 2.75) is 26.7 Å². The Morgan fingerprint density at radius 3 is 2.65 bits per heavy atom. The molecular weight excluding hydrogens is 296 g/mol. The Morgan fingerprint density at radius 1 is 1.22 bits per heavy atom. The standard InChI is InChI=1S/C16H20N4O3/c1-8(2)12-13(23-11-7-19-16(18)20-15(11)17)9(3)6-10-14(12)22-5-4-21-10/h6-8H,4-5H2,1-3H3,(H4,17,18,19,20). The van der Waals surface area contributed by atoms with Gasteiger partial charge < -0.3 is 25.7 Å². The number of rotatable bonds is 3. The van der Waals surface area contributed by atoms with Crippen molar-refractivity contribution >= 4 is 11.8 Å². The molecule has 0 saturated carbocycles. The van der Waals surface area contributed by atoms with Crippen molar-refractivity contribution in [3.8, 4) is 23.0 Å². The van der Waals surface area contributed by atoms with Crippen LogP contribution >= 0.6 is 0 Å². The van der Waals surface area contributed by atoms with E-state index in [9.17, 15) is 0 Å². The Kier molecular flexibility index (Phi) is 3.85. The maximum Gasteiger partial charge on any atom is 0.222 e. The van der Waals surface area contributed by atoms with Crippen LogP contribution in [0, 0.1) is 6.92 Å². The molecule has 122 valence electrons. The largest absolute Gasteiger partial charge is 0.486 e. The van der Waals surface area contributed by atoms with Gasteiger partial charge in [-0.3, -0.25) is 0 Å². The molecular formula is C16H20N4O3. The summed E-state index contributed by atoms with van der Waals surface area (Å²) in [6.07, 6.45) is 1.47. The zero-order valence-corrected chi connectivity index (χ0v) is 13.4. The molecule has 0 bridgehead atoms. The molecule has 0 spiro atoms. The number of hydrogen-bond acceptors (Lipinski definition) is 7. The van der Waals surface area contributed by atoms with Crippen LogP contribution in [0.4, 0.5) is 11.8 Å². The summed E-state index contributed by atoms with van der Waals surface area (Å²) in [5, 5.41) is 0. The van der Waals surface area contributed by atoms with Gasteiger partial charge in [0.15, 0.2) is 23.1 Å². The van der Waals surface area contributed by atoms with Crippen LogP contribution in [-0.2, 0) is 0 Å². The fourth-order valence-electron chi connectivity index (χ4n) is 2.57. The van der Waals surface area contributed by atoms with Crippen LogP contribution < -0.4 is 25.7 Å². The second-order valence-electron chi connectivity index (χ2n) is 5.69. The molecule has 1 aromatic heterocycles. The summed E-state index contributed by atoms with van der Waals surface area (Å²) in [6, 6.07) is 1.91. The van der Waals surface area contributed by atoms with Crippen molar-refractivity contribution in [1.29, 1.82) is 0 Å². The molecule has 23 heavy (non-hydrogen) atoms. The number of benzene rings is 1. The van der Waals surface area contributed by atoms with Crippen LogP contribution in [0.5, 0.6) is 23.0 Å². The summed E-state index contributed by atoms with van der Waals surface area (Å²) < 4.78 is 17.5. The van der Waals surface area contributed by atoms with Gasteiger partial charge in [-0.1, -0.05) is 13.8 Å². The second-order valence-corrected chi connectivity index (χ2v) is 5.69. The Hall–Kier alpha value is -2.70. The summed E-state index contributed by atoms with van der Waals surface area (Å²) in [7, 11) is 0. The smallest absolute Gasteiger partial charge is 0.222 e. The van der Waals surface area contributed by atoms with Gasteiger partial charge >= 0.3 is 0 Å². The highest BCUT2D eigenvalue weighted by Crippen LogP contribution is 2.47. The number of nitrogens with two attached hydrogens (primary N) is 2. The van der Waals surface area contributed by atoms with Gasteiger partial charge in [0.25, 0.3) is 0 Å². The van der Waals surface area contributed by atoms with Crippen molar-refractivity contribution in [3.05, 3.63) is 23.4 Å². The maximum atomic E-state index is 6.01. The Labute approximate surface area is 134 Å². The fourth-order valence-corrected chi connectivity index (χ4v) is 2.57. The predicted molar refractivity (Wildman–Crippen MR) is 87.2 cm³/mol. The molecule has 0 saturated heterocycles. The first-order chi connectivity index (χ1) is 11.0. The van der Waals surface area contributed by atoms with Gasteiger partial charge in [-0.25, -0.2) is 4.98 Å². The summed E-state index contributed by atoms with van der Waals surface area (Å²) in [5.74, 6) is 2.99. The van der Waals surface area contributed by atoms with Crippen molar-refractivity contribution < 1.29 is 14.2 Å². The highest BCUT2D eigenvalue weighted by Gasteiger charge is 2.25. The number of nitrogens with zero attached hydrogens (tertiary/aromatic N) is 2.